The van der Waals surface area contributed by atoms with Crippen molar-refractivity contribution in [2.24, 2.45) is 0 Å². The van der Waals surface area contributed by atoms with E-state index in [0.717, 1.165) is 66.4 Å². The first-order chi connectivity index (χ1) is 31.1. The molecule has 0 spiro atoms. The van der Waals surface area contributed by atoms with Crippen LogP contribution >= 0.6 is 0 Å². The number of para-hydroxylation sites is 1. The van der Waals surface area contributed by atoms with Crippen molar-refractivity contribution in [1.82, 2.24) is 15.0 Å². The molecule has 63 heavy (non-hydrogen) atoms. The highest BCUT2D eigenvalue weighted by molar-refractivity contribution is 6.24. The number of hydrogen-bond donors (Lipinski definition) is 0. The number of fused-ring (bicyclic) bond motifs is 8. The summed E-state index contributed by atoms with van der Waals surface area (Å²) in [5, 5.41) is 18.7. The quantitative estimate of drug-likeness (QED) is 0.157. The molecule has 2 heterocycles. The maximum atomic E-state index is 9.47. The van der Waals surface area contributed by atoms with Gasteiger partial charge in [-0.2, -0.15) is 5.26 Å². The van der Waals surface area contributed by atoms with Crippen LogP contribution in [0.2, 0.25) is 0 Å². The molecule has 0 aliphatic heterocycles. The summed E-state index contributed by atoms with van der Waals surface area (Å²) in [5.41, 5.74) is 11.7. The van der Waals surface area contributed by atoms with Crippen LogP contribution in [0.15, 0.2) is 211 Å². The maximum Gasteiger partial charge on any atom is 0.164 e. The first-order valence-electron chi connectivity index (χ1n) is 21.0. The van der Waals surface area contributed by atoms with Gasteiger partial charge in [-0.25, -0.2) is 15.0 Å². The van der Waals surface area contributed by atoms with Gasteiger partial charge in [-0.15, -0.1) is 0 Å². The summed E-state index contributed by atoms with van der Waals surface area (Å²) < 4.78 is 6.14. The number of nitriles is 1. The monoisotopic (exact) mass is 802 g/mol. The van der Waals surface area contributed by atoms with Gasteiger partial charge in [0.1, 0.15) is 11.2 Å². The van der Waals surface area contributed by atoms with Gasteiger partial charge in [-0.3, -0.25) is 0 Å². The Morgan fingerprint density at radius 3 is 1.41 bits per heavy atom. The van der Waals surface area contributed by atoms with Crippen molar-refractivity contribution in [2.75, 3.05) is 0 Å². The van der Waals surface area contributed by atoms with E-state index in [4.69, 9.17) is 19.4 Å². The van der Waals surface area contributed by atoms with E-state index >= 15 is 0 Å². The summed E-state index contributed by atoms with van der Waals surface area (Å²) in [6.45, 7) is 0. The minimum atomic E-state index is 0.596. The SMILES string of the molecule is N#Cc1ccc(-c2cc3c4ccccc4c(-c4cccc(-c5cccc(-c6nc(-c7ccccc7)nc(-c7ccc8oc9ccccc9c8c7)n6)c5)c4)cc3c3ccccc23)cc1. The highest BCUT2D eigenvalue weighted by Crippen LogP contribution is 2.43. The van der Waals surface area contributed by atoms with Gasteiger partial charge in [0.2, 0.25) is 0 Å². The lowest BCUT2D eigenvalue weighted by molar-refractivity contribution is 0.669. The highest BCUT2D eigenvalue weighted by atomic mass is 16.3. The first kappa shape index (κ1) is 36.2. The van der Waals surface area contributed by atoms with Crippen LogP contribution in [0.25, 0.3) is 122 Å². The third-order valence-electron chi connectivity index (χ3n) is 12.1. The Morgan fingerprint density at radius 2 is 0.762 bits per heavy atom. The molecule has 10 aromatic carbocycles. The molecular weight excluding hydrogens is 769 g/mol. The smallest absolute Gasteiger partial charge is 0.164 e. The molecule has 0 aliphatic carbocycles. The summed E-state index contributed by atoms with van der Waals surface area (Å²) in [7, 11) is 0. The standard InChI is InChI=1S/C58H34N4O/c59-35-36-24-26-37(27-25-36)49-33-51-47-21-7-5-19-45(47)50(34-52(51)46-20-6-4-18-44(46)49)41-16-10-14-39(30-41)40-15-11-17-42(31-40)57-60-56(38-12-2-1-3-13-38)61-58(62-57)43-28-29-55-53(32-43)48-22-8-9-23-54(48)63-55/h1-34H. The number of furan rings is 1. The lowest BCUT2D eigenvalue weighted by atomic mass is 9.87. The molecule has 0 bridgehead atoms. The third kappa shape index (κ3) is 6.29. The second-order valence-electron chi connectivity index (χ2n) is 15.9. The van der Waals surface area contributed by atoms with Crippen LogP contribution in [-0.4, -0.2) is 15.0 Å². The molecule has 0 aliphatic rings. The maximum absolute atomic E-state index is 9.47. The van der Waals surface area contributed by atoms with E-state index in [1.54, 1.807) is 0 Å². The molecule has 5 heteroatoms. The molecule has 0 atom stereocenters. The molecule has 0 fully saturated rings. The molecule has 0 saturated carbocycles. The summed E-state index contributed by atoms with van der Waals surface area (Å²) in [5.74, 6) is 1.81. The van der Waals surface area contributed by atoms with E-state index < -0.39 is 0 Å². The Kier molecular flexibility index (Phi) is 8.48. The van der Waals surface area contributed by atoms with Gasteiger partial charge in [0.15, 0.2) is 17.5 Å². The molecule has 12 aromatic rings. The summed E-state index contributed by atoms with van der Waals surface area (Å²) >= 11 is 0. The van der Waals surface area contributed by atoms with Crippen molar-refractivity contribution >= 4 is 54.3 Å². The largest absolute Gasteiger partial charge is 0.456 e. The van der Waals surface area contributed by atoms with Crippen LogP contribution in [0, 0.1) is 11.3 Å². The van der Waals surface area contributed by atoms with E-state index in [2.05, 4.69) is 127 Å². The molecule has 0 unspecified atom stereocenters. The van der Waals surface area contributed by atoms with Crippen LogP contribution in [0.5, 0.6) is 0 Å². The molecule has 292 valence electrons. The van der Waals surface area contributed by atoms with Crippen molar-refractivity contribution < 1.29 is 4.42 Å². The second kappa shape index (κ2) is 14.8. The molecule has 12 rings (SSSR count). The van der Waals surface area contributed by atoms with Crippen molar-refractivity contribution in [1.29, 1.82) is 5.26 Å². The van der Waals surface area contributed by atoms with Crippen molar-refractivity contribution in [3.63, 3.8) is 0 Å². The summed E-state index contributed by atoms with van der Waals surface area (Å²) in [6.07, 6.45) is 0. The van der Waals surface area contributed by atoms with Crippen molar-refractivity contribution in [3.8, 4) is 73.6 Å². The van der Waals surface area contributed by atoms with E-state index in [9.17, 15) is 5.26 Å². The minimum Gasteiger partial charge on any atom is -0.456 e. The van der Waals surface area contributed by atoms with Crippen LogP contribution in [0.3, 0.4) is 0 Å². The third-order valence-corrected chi connectivity index (χ3v) is 12.1. The van der Waals surface area contributed by atoms with Gasteiger partial charge < -0.3 is 4.42 Å². The molecule has 5 nitrogen and oxygen atoms in total. The fraction of sp³-hybridized carbons (Fsp3) is 0. The number of benzene rings is 10. The average molecular weight is 803 g/mol. The van der Waals surface area contributed by atoms with Gasteiger partial charge >= 0.3 is 0 Å². The van der Waals surface area contributed by atoms with E-state index in [0.29, 0.717) is 23.0 Å². The zero-order valence-corrected chi connectivity index (χ0v) is 33.8. The summed E-state index contributed by atoms with van der Waals surface area (Å²) in [4.78, 5) is 15.2. The molecule has 0 radical (unpaired) electrons. The van der Waals surface area contributed by atoms with E-state index in [1.165, 1.54) is 37.9 Å². The zero-order chi connectivity index (χ0) is 41.9. The van der Waals surface area contributed by atoms with Gasteiger partial charge in [0, 0.05) is 27.5 Å². The fourth-order valence-corrected chi connectivity index (χ4v) is 9.07. The Bertz CT molecular complexity index is 3810. The number of aromatic nitrogens is 3. The minimum absolute atomic E-state index is 0.596. The lowest BCUT2D eigenvalue weighted by Crippen LogP contribution is -2.00. The molecule has 2 aromatic heterocycles. The van der Waals surface area contributed by atoms with E-state index in [-0.39, 0.29) is 0 Å². The number of nitrogens with zero attached hydrogens (tertiary/aromatic N) is 4. The van der Waals surface area contributed by atoms with Crippen molar-refractivity contribution in [2.45, 2.75) is 0 Å². The Labute approximate surface area is 362 Å². The van der Waals surface area contributed by atoms with Gasteiger partial charge in [0.25, 0.3) is 0 Å². The summed E-state index contributed by atoms with van der Waals surface area (Å²) in [6, 6.07) is 73.8. The predicted octanol–water partition coefficient (Wildman–Crippen LogP) is 15.1. The molecule has 0 amide bonds. The molecular formula is C58H34N4O. The number of rotatable bonds is 6. The van der Waals surface area contributed by atoms with Crippen LogP contribution in [0.1, 0.15) is 5.56 Å². The Morgan fingerprint density at radius 1 is 0.302 bits per heavy atom. The normalized spacial score (nSPS) is 11.5. The average Bonchev–Trinajstić information content (AvgIpc) is 3.74. The van der Waals surface area contributed by atoms with Gasteiger partial charge in [0.05, 0.1) is 11.6 Å². The molecule has 0 N–H and O–H groups in total. The van der Waals surface area contributed by atoms with Crippen LogP contribution in [-0.2, 0) is 0 Å². The topological polar surface area (TPSA) is 75.6 Å². The van der Waals surface area contributed by atoms with Gasteiger partial charge in [-0.1, -0.05) is 146 Å². The predicted molar refractivity (Wildman–Crippen MR) is 257 cm³/mol. The lowest BCUT2D eigenvalue weighted by Gasteiger charge is -2.16. The van der Waals surface area contributed by atoms with Crippen LogP contribution < -0.4 is 0 Å². The second-order valence-corrected chi connectivity index (χ2v) is 15.9. The highest BCUT2D eigenvalue weighted by Gasteiger charge is 2.18. The van der Waals surface area contributed by atoms with E-state index in [1.807, 2.05) is 84.9 Å². The zero-order valence-electron chi connectivity index (χ0n) is 33.8. The Balaban J connectivity index is 0.978. The number of hydrogen-bond acceptors (Lipinski definition) is 5. The van der Waals surface area contributed by atoms with Crippen molar-refractivity contribution in [3.05, 3.63) is 212 Å². The first-order valence-corrected chi connectivity index (χ1v) is 21.0. The van der Waals surface area contributed by atoms with Crippen LogP contribution in [0.4, 0.5) is 0 Å². The molecule has 0 saturated heterocycles. The van der Waals surface area contributed by atoms with Gasteiger partial charge in [-0.05, 0) is 126 Å². The Hall–Kier alpha value is -8.72. The fourth-order valence-electron chi connectivity index (χ4n) is 9.07.